The molecule has 3 aromatic rings. The van der Waals surface area contributed by atoms with Crippen LogP contribution in [-0.4, -0.2) is 93.6 Å². The monoisotopic (exact) mass is 555 g/mol. The van der Waals surface area contributed by atoms with Gasteiger partial charge in [-0.1, -0.05) is 30.3 Å². The first-order valence-electron chi connectivity index (χ1n) is 13.7. The van der Waals surface area contributed by atoms with Gasteiger partial charge in [-0.05, 0) is 60.8 Å². The van der Waals surface area contributed by atoms with Crippen LogP contribution >= 0.6 is 0 Å². The van der Waals surface area contributed by atoms with Crippen molar-refractivity contribution in [3.8, 4) is 0 Å². The van der Waals surface area contributed by atoms with Gasteiger partial charge in [0.1, 0.15) is 5.76 Å². The maximum absolute atomic E-state index is 14.0. The molecule has 0 saturated carbocycles. The van der Waals surface area contributed by atoms with Crippen LogP contribution in [0.1, 0.15) is 25.0 Å². The lowest BCUT2D eigenvalue weighted by Crippen LogP contribution is -2.46. The van der Waals surface area contributed by atoms with Crippen LogP contribution in [0, 0.1) is 0 Å². The zero-order valence-corrected chi connectivity index (χ0v) is 23.1. The number of nitrogens with zero attached hydrogens (tertiary/aromatic N) is 3. The summed E-state index contributed by atoms with van der Waals surface area (Å²) in [4.78, 5) is 17.8. The summed E-state index contributed by atoms with van der Waals surface area (Å²) < 4.78 is 46.0. The fourth-order valence-corrected chi connectivity index (χ4v) is 6.65. The number of hydrogen-bond donors (Lipinski definition) is 0. The SMILES string of the molecule is O=C(CN(CCCN1CCOCC1)S(=O)(=O)c1ccc2ccccc2c1)N(Cc1ccco1)CC1CCCO1. The van der Waals surface area contributed by atoms with E-state index in [1.165, 1.54) is 4.31 Å². The van der Waals surface area contributed by atoms with Crippen LogP contribution in [0.3, 0.4) is 0 Å². The van der Waals surface area contributed by atoms with Crippen molar-refractivity contribution in [1.82, 2.24) is 14.1 Å². The van der Waals surface area contributed by atoms with Gasteiger partial charge in [-0.3, -0.25) is 9.69 Å². The molecule has 5 rings (SSSR count). The molecule has 1 unspecified atom stereocenters. The standard InChI is InChI=1S/C29H37N3O6S/c33-29(31(21-26-8-3-16-37-26)22-27-9-4-17-38-27)23-32(13-5-12-30-14-18-36-19-15-30)39(34,35)28-11-10-24-6-1-2-7-25(24)20-28/h1-3,6-8,10-11,16,20,27H,4-5,9,12-15,17-19,21-23H2. The summed E-state index contributed by atoms with van der Waals surface area (Å²) in [5.74, 6) is 0.384. The second-order valence-electron chi connectivity index (χ2n) is 10.1. The highest BCUT2D eigenvalue weighted by Crippen LogP contribution is 2.23. The molecule has 2 fully saturated rings. The molecule has 2 aliphatic heterocycles. The highest BCUT2D eigenvalue weighted by atomic mass is 32.2. The third-order valence-electron chi connectivity index (χ3n) is 7.38. The van der Waals surface area contributed by atoms with Crippen LogP contribution < -0.4 is 0 Å². The van der Waals surface area contributed by atoms with Crippen molar-refractivity contribution in [2.75, 3.05) is 59.1 Å². The largest absolute Gasteiger partial charge is 0.467 e. The molecule has 39 heavy (non-hydrogen) atoms. The van der Waals surface area contributed by atoms with E-state index < -0.39 is 10.0 Å². The molecule has 0 bridgehead atoms. The van der Waals surface area contributed by atoms with Gasteiger partial charge >= 0.3 is 0 Å². The molecule has 210 valence electrons. The maximum atomic E-state index is 14.0. The minimum Gasteiger partial charge on any atom is -0.467 e. The van der Waals surface area contributed by atoms with E-state index in [1.807, 2.05) is 36.4 Å². The van der Waals surface area contributed by atoms with Gasteiger partial charge in [-0.15, -0.1) is 0 Å². The summed E-state index contributed by atoms with van der Waals surface area (Å²) in [7, 11) is -3.93. The number of hydrogen-bond acceptors (Lipinski definition) is 7. The van der Waals surface area contributed by atoms with Crippen LogP contribution in [0.5, 0.6) is 0 Å². The molecule has 3 heterocycles. The molecule has 2 aliphatic rings. The number of furan rings is 1. The van der Waals surface area contributed by atoms with E-state index in [9.17, 15) is 13.2 Å². The van der Waals surface area contributed by atoms with Gasteiger partial charge in [0, 0.05) is 32.8 Å². The molecule has 0 aliphatic carbocycles. The minimum absolute atomic E-state index is 0.0595. The highest BCUT2D eigenvalue weighted by molar-refractivity contribution is 7.89. The molecule has 2 saturated heterocycles. The Hall–Kier alpha value is -2.76. The van der Waals surface area contributed by atoms with Gasteiger partial charge < -0.3 is 18.8 Å². The fraction of sp³-hybridized carbons (Fsp3) is 0.483. The summed E-state index contributed by atoms with van der Waals surface area (Å²) in [5.41, 5.74) is 0. The Labute approximate surface area is 230 Å². The molecular formula is C29H37N3O6S. The zero-order chi connectivity index (χ0) is 27.1. The molecule has 10 heteroatoms. The average Bonchev–Trinajstić information content (AvgIpc) is 3.67. The number of rotatable bonds is 12. The van der Waals surface area contributed by atoms with Crippen molar-refractivity contribution in [1.29, 1.82) is 0 Å². The number of morpholine rings is 1. The van der Waals surface area contributed by atoms with E-state index in [1.54, 1.807) is 29.4 Å². The van der Waals surface area contributed by atoms with E-state index in [-0.39, 0.29) is 36.5 Å². The number of ether oxygens (including phenoxy) is 2. The van der Waals surface area contributed by atoms with E-state index in [0.717, 1.165) is 43.2 Å². The Kier molecular flexibility index (Phi) is 9.31. The lowest BCUT2D eigenvalue weighted by Gasteiger charge is -2.30. The molecule has 0 radical (unpaired) electrons. The average molecular weight is 556 g/mol. The Morgan fingerprint density at radius 2 is 1.82 bits per heavy atom. The first-order chi connectivity index (χ1) is 19.0. The van der Waals surface area contributed by atoms with E-state index >= 15 is 0 Å². The van der Waals surface area contributed by atoms with Gasteiger partial charge in [0.2, 0.25) is 15.9 Å². The summed E-state index contributed by atoms with van der Waals surface area (Å²) in [6, 6.07) is 16.4. The molecule has 1 aromatic heterocycles. The van der Waals surface area contributed by atoms with Crippen LogP contribution in [-0.2, 0) is 30.8 Å². The Bertz CT molecular complexity index is 1320. The number of benzene rings is 2. The second kappa shape index (κ2) is 13.1. The van der Waals surface area contributed by atoms with Crippen molar-refractivity contribution >= 4 is 26.7 Å². The van der Waals surface area contributed by atoms with Gasteiger partial charge in [0.05, 0.1) is 43.6 Å². The second-order valence-corrected chi connectivity index (χ2v) is 12.1. The predicted octanol–water partition coefficient (Wildman–Crippen LogP) is 3.35. The van der Waals surface area contributed by atoms with Crippen molar-refractivity contribution in [3.05, 3.63) is 66.6 Å². The van der Waals surface area contributed by atoms with Crippen molar-refractivity contribution in [2.24, 2.45) is 0 Å². The Morgan fingerprint density at radius 3 is 2.56 bits per heavy atom. The van der Waals surface area contributed by atoms with Gasteiger partial charge in [-0.25, -0.2) is 8.42 Å². The summed E-state index contributed by atoms with van der Waals surface area (Å²) in [6.45, 7) is 5.11. The first kappa shape index (κ1) is 27.8. The normalized spacial score (nSPS) is 18.6. The number of sulfonamides is 1. The quantitative estimate of drug-likeness (QED) is 0.338. The third kappa shape index (κ3) is 7.26. The maximum Gasteiger partial charge on any atom is 0.243 e. The minimum atomic E-state index is -3.93. The number of carbonyl (C=O) groups excluding carboxylic acids is 1. The fourth-order valence-electron chi connectivity index (χ4n) is 5.19. The lowest BCUT2D eigenvalue weighted by atomic mass is 10.1. The van der Waals surface area contributed by atoms with Crippen LogP contribution in [0.15, 0.2) is 70.2 Å². The van der Waals surface area contributed by atoms with Crippen molar-refractivity contribution in [2.45, 2.75) is 36.8 Å². The number of fused-ring (bicyclic) bond motifs is 1. The Balaban J connectivity index is 1.36. The summed E-state index contributed by atoms with van der Waals surface area (Å²) in [6.07, 6.45) is 3.96. The molecular weight excluding hydrogens is 518 g/mol. The molecule has 0 N–H and O–H groups in total. The third-order valence-corrected chi connectivity index (χ3v) is 9.22. The smallest absolute Gasteiger partial charge is 0.243 e. The van der Waals surface area contributed by atoms with Crippen LogP contribution in [0.4, 0.5) is 0 Å². The van der Waals surface area contributed by atoms with E-state index in [0.29, 0.717) is 38.5 Å². The molecule has 0 spiro atoms. The Morgan fingerprint density at radius 1 is 1.00 bits per heavy atom. The first-order valence-corrected chi connectivity index (χ1v) is 15.1. The van der Waals surface area contributed by atoms with Crippen molar-refractivity contribution < 1.29 is 27.1 Å². The molecule has 9 nitrogen and oxygen atoms in total. The van der Waals surface area contributed by atoms with E-state index in [2.05, 4.69) is 4.90 Å². The van der Waals surface area contributed by atoms with Crippen LogP contribution in [0.2, 0.25) is 0 Å². The molecule has 1 atom stereocenters. The van der Waals surface area contributed by atoms with Crippen molar-refractivity contribution in [3.63, 3.8) is 0 Å². The molecule has 2 aromatic carbocycles. The number of carbonyl (C=O) groups is 1. The topological polar surface area (TPSA) is 92.5 Å². The van der Waals surface area contributed by atoms with Gasteiger partial charge in [0.25, 0.3) is 0 Å². The summed E-state index contributed by atoms with van der Waals surface area (Å²) in [5, 5.41) is 1.81. The molecule has 1 amide bonds. The van der Waals surface area contributed by atoms with Crippen LogP contribution in [0.25, 0.3) is 10.8 Å². The predicted molar refractivity (Wildman–Crippen MR) is 148 cm³/mol. The zero-order valence-electron chi connectivity index (χ0n) is 22.2. The van der Waals surface area contributed by atoms with Gasteiger partial charge in [0.15, 0.2) is 0 Å². The lowest BCUT2D eigenvalue weighted by molar-refractivity contribution is -0.134. The van der Waals surface area contributed by atoms with Gasteiger partial charge in [-0.2, -0.15) is 4.31 Å². The highest BCUT2D eigenvalue weighted by Gasteiger charge is 2.30. The van der Waals surface area contributed by atoms with E-state index in [4.69, 9.17) is 13.9 Å². The number of amides is 1. The summed E-state index contributed by atoms with van der Waals surface area (Å²) >= 11 is 0.